The van der Waals surface area contributed by atoms with E-state index < -0.39 is 5.60 Å². The van der Waals surface area contributed by atoms with Crippen molar-refractivity contribution in [2.75, 3.05) is 6.54 Å². The Labute approximate surface area is 106 Å². The van der Waals surface area contributed by atoms with Crippen LogP contribution < -0.4 is 5.32 Å². The molecule has 0 aliphatic rings. The molecule has 0 bridgehead atoms. The van der Waals surface area contributed by atoms with Crippen molar-refractivity contribution in [1.29, 1.82) is 0 Å². The third-order valence-corrected chi connectivity index (χ3v) is 2.10. The van der Waals surface area contributed by atoms with Crippen molar-refractivity contribution >= 4 is 5.97 Å². The molecular weight excluding hydrogens is 234 g/mol. The highest BCUT2D eigenvalue weighted by Gasteiger charge is 2.15. The molecule has 0 saturated carbocycles. The van der Waals surface area contributed by atoms with Crippen molar-refractivity contribution in [2.24, 2.45) is 0 Å². The highest BCUT2D eigenvalue weighted by molar-refractivity contribution is 5.72. The Balaban J connectivity index is 2.43. The summed E-state index contributed by atoms with van der Waals surface area (Å²) in [5.41, 5.74) is 0.0184. The fourth-order valence-electron chi connectivity index (χ4n) is 1.40. The summed E-state index contributed by atoms with van der Waals surface area (Å²) in [6.45, 7) is 5.72. The number of nitrogens with one attached hydrogen (secondary N) is 1. The van der Waals surface area contributed by atoms with E-state index in [-0.39, 0.29) is 30.6 Å². The Morgan fingerprint density at radius 3 is 2.61 bits per heavy atom. The molecule has 1 aromatic rings. The zero-order chi connectivity index (χ0) is 13.8. The van der Waals surface area contributed by atoms with Crippen LogP contribution in [0.1, 0.15) is 26.3 Å². The molecule has 0 aliphatic carbocycles. The topological polar surface area (TPSA) is 78.8 Å². The maximum Gasteiger partial charge on any atom is 0.320 e. The van der Waals surface area contributed by atoms with E-state index in [0.29, 0.717) is 5.56 Å². The third-order valence-electron chi connectivity index (χ3n) is 2.10. The Hall–Kier alpha value is -1.75. The summed E-state index contributed by atoms with van der Waals surface area (Å²) in [6.07, 6.45) is 0. The highest BCUT2D eigenvalue weighted by Crippen LogP contribution is 2.27. The molecule has 18 heavy (non-hydrogen) atoms. The van der Waals surface area contributed by atoms with Crippen LogP contribution in [-0.4, -0.2) is 28.3 Å². The first kappa shape index (κ1) is 14.3. The van der Waals surface area contributed by atoms with Crippen molar-refractivity contribution in [3.63, 3.8) is 0 Å². The molecule has 0 spiro atoms. The zero-order valence-corrected chi connectivity index (χ0v) is 10.9. The van der Waals surface area contributed by atoms with Crippen molar-refractivity contribution in [3.8, 4) is 11.5 Å². The molecule has 5 heteroatoms. The van der Waals surface area contributed by atoms with Crippen LogP contribution in [-0.2, 0) is 16.1 Å². The number of carbonyl (C=O) groups is 1. The molecule has 1 rings (SSSR count). The molecule has 1 aromatic carbocycles. The minimum Gasteiger partial charge on any atom is -0.504 e. The number of rotatable bonds is 4. The Morgan fingerprint density at radius 1 is 1.33 bits per heavy atom. The summed E-state index contributed by atoms with van der Waals surface area (Å²) in [6, 6.07) is 4.68. The minimum atomic E-state index is -0.508. The fourth-order valence-corrected chi connectivity index (χ4v) is 1.40. The zero-order valence-electron chi connectivity index (χ0n) is 10.9. The Bertz CT molecular complexity index is 423. The van der Waals surface area contributed by atoms with Crippen LogP contribution in [0, 0.1) is 0 Å². The number of phenolic OH excluding ortho intramolecular Hbond substituents is 2. The molecule has 100 valence electrons. The SMILES string of the molecule is CC(C)(C)OC(=O)CNCc1cccc(O)c1O. The van der Waals surface area contributed by atoms with Gasteiger partial charge in [0.05, 0.1) is 6.54 Å². The normalized spacial score (nSPS) is 11.3. The van der Waals surface area contributed by atoms with E-state index in [9.17, 15) is 15.0 Å². The van der Waals surface area contributed by atoms with Crippen molar-refractivity contribution in [2.45, 2.75) is 32.9 Å². The summed E-state index contributed by atoms with van der Waals surface area (Å²) in [4.78, 5) is 11.4. The lowest BCUT2D eigenvalue weighted by Gasteiger charge is -2.19. The van der Waals surface area contributed by atoms with Gasteiger partial charge in [-0.2, -0.15) is 0 Å². The number of aromatic hydroxyl groups is 2. The minimum absolute atomic E-state index is 0.0480. The van der Waals surface area contributed by atoms with E-state index in [0.717, 1.165) is 0 Å². The Kier molecular flexibility index (Phi) is 4.55. The van der Waals surface area contributed by atoms with E-state index in [1.165, 1.54) is 6.07 Å². The Morgan fingerprint density at radius 2 is 2.00 bits per heavy atom. The van der Waals surface area contributed by atoms with E-state index in [2.05, 4.69) is 5.32 Å². The smallest absolute Gasteiger partial charge is 0.320 e. The van der Waals surface area contributed by atoms with E-state index in [1.807, 2.05) is 0 Å². The summed E-state index contributed by atoms with van der Waals surface area (Å²) in [5, 5.41) is 21.7. The van der Waals surface area contributed by atoms with Gasteiger partial charge in [0.2, 0.25) is 0 Å². The molecule has 3 N–H and O–H groups in total. The lowest BCUT2D eigenvalue weighted by molar-refractivity contribution is -0.153. The second-order valence-corrected chi connectivity index (χ2v) is 4.97. The van der Waals surface area contributed by atoms with Gasteiger partial charge in [-0.05, 0) is 26.8 Å². The van der Waals surface area contributed by atoms with Crippen LogP contribution >= 0.6 is 0 Å². The number of benzene rings is 1. The molecular formula is C13H19NO4. The number of para-hydroxylation sites is 1. The number of ether oxygens (including phenoxy) is 1. The number of hydrogen-bond donors (Lipinski definition) is 3. The number of hydrogen-bond acceptors (Lipinski definition) is 5. The largest absolute Gasteiger partial charge is 0.504 e. The van der Waals surface area contributed by atoms with Gasteiger partial charge < -0.3 is 20.3 Å². The van der Waals surface area contributed by atoms with Crippen LogP contribution in [0.15, 0.2) is 18.2 Å². The van der Waals surface area contributed by atoms with Gasteiger partial charge in [0, 0.05) is 12.1 Å². The molecule has 0 saturated heterocycles. The van der Waals surface area contributed by atoms with Gasteiger partial charge in [-0.25, -0.2) is 0 Å². The first-order chi connectivity index (χ1) is 8.29. The molecule has 0 fully saturated rings. The van der Waals surface area contributed by atoms with Gasteiger partial charge in [-0.1, -0.05) is 12.1 Å². The monoisotopic (exact) mass is 253 g/mol. The van der Waals surface area contributed by atoms with Crippen LogP contribution in [0.25, 0.3) is 0 Å². The number of carbonyl (C=O) groups excluding carboxylic acids is 1. The average molecular weight is 253 g/mol. The van der Waals surface area contributed by atoms with Gasteiger partial charge in [0.15, 0.2) is 11.5 Å². The molecule has 0 unspecified atom stereocenters. The predicted molar refractivity (Wildman–Crippen MR) is 67.3 cm³/mol. The average Bonchev–Trinajstić information content (AvgIpc) is 2.21. The first-order valence-corrected chi connectivity index (χ1v) is 5.72. The van der Waals surface area contributed by atoms with Gasteiger partial charge in [0.1, 0.15) is 5.60 Å². The third kappa shape index (κ3) is 4.63. The molecule has 0 aliphatic heterocycles. The van der Waals surface area contributed by atoms with Gasteiger partial charge in [-0.15, -0.1) is 0 Å². The van der Waals surface area contributed by atoms with Gasteiger partial charge in [0.25, 0.3) is 0 Å². The van der Waals surface area contributed by atoms with Crippen LogP contribution in [0.4, 0.5) is 0 Å². The first-order valence-electron chi connectivity index (χ1n) is 5.72. The standard InChI is InChI=1S/C13H19NO4/c1-13(2,3)18-11(16)8-14-7-9-5-4-6-10(15)12(9)17/h4-6,14-15,17H,7-8H2,1-3H3. The maximum absolute atomic E-state index is 11.4. The second kappa shape index (κ2) is 5.73. The number of phenols is 2. The molecule has 0 heterocycles. The molecule has 0 atom stereocenters. The molecule has 0 aromatic heterocycles. The lowest BCUT2D eigenvalue weighted by atomic mass is 10.2. The molecule has 5 nitrogen and oxygen atoms in total. The molecule has 0 amide bonds. The second-order valence-electron chi connectivity index (χ2n) is 4.97. The molecule has 0 radical (unpaired) electrons. The van der Waals surface area contributed by atoms with Gasteiger partial charge >= 0.3 is 5.97 Å². The van der Waals surface area contributed by atoms with E-state index in [1.54, 1.807) is 32.9 Å². The van der Waals surface area contributed by atoms with Crippen LogP contribution in [0.5, 0.6) is 11.5 Å². The lowest BCUT2D eigenvalue weighted by Crippen LogP contribution is -2.31. The van der Waals surface area contributed by atoms with Crippen molar-refractivity contribution < 1.29 is 19.7 Å². The van der Waals surface area contributed by atoms with E-state index >= 15 is 0 Å². The highest BCUT2D eigenvalue weighted by atomic mass is 16.6. The quantitative estimate of drug-likeness (QED) is 0.560. The summed E-state index contributed by atoms with van der Waals surface area (Å²) in [7, 11) is 0. The summed E-state index contributed by atoms with van der Waals surface area (Å²) >= 11 is 0. The fraction of sp³-hybridized carbons (Fsp3) is 0.462. The maximum atomic E-state index is 11.4. The van der Waals surface area contributed by atoms with Crippen LogP contribution in [0.3, 0.4) is 0 Å². The van der Waals surface area contributed by atoms with Crippen LogP contribution in [0.2, 0.25) is 0 Å². The number of esters is 1. The van der Waals surface area contributed by atoms with Crippen molar-refractivity contribution in [3.05, 3.63) is 23.8 Å². The van der Waals surface area contributed by atoms with Crippen molar-refractivity contribution in [1.82, 2.24) is 5.32 Å². The predicted octanol–water partition coefficient (Wildman–Crippen LogP) is 1.53. The summed E-state index contributed by atoms with van der Waals surface area (Å²) in [5.74, 6) is -0.706. The van der Waals surface area contributed by atoms with E-state index in [4.69, 9.17) is 4.74 Å². The summed E-state index contributed by atoms with van der Waals surface area (Å²) < 4.78 is 5.12. The van der Waals surface area contributed by atoms with Gasteiger partial charge in [-0.3, -0.25) is 4.79 Å².